The number of esters is 1. The molecule has 1 fully saturated rings. The number of nitrogens with zero attached hydrogens (tertiary/aromatic N) is 2. The lowest BCUT2D eigenvalue weighted by Gasteiger charge is -2.45. The minimum atomic E-state index is -1.28. The molecular formula is C23H23N3O11S. The lowest BCUT2D eigenvalue weighted by Crippen LogP contribution is -2.62. The van der Waals surface area contributed by atoms with Crippen molar-refractivity contribution in [2.75, 3.05) is 13.2 Å². The summed E-state index contributed by atoms with van der Waals surface area (Å²) in [5.41, 5.74) is 0.296. The van der Waals surface area contributed by atoms with Crippen molar-refractivity contribution in [3.8, 4) is 0 Å². The maximum absolute atomic E-state index is 12.4. The van der Waals surface area contributed by atoms with Crippen molar-refractivity contribution in [2.24, 2.45) is 5.92 Å². The molecule has 0 radical (unpaired) electrons. The average molecular weight is 550 g/mol. The van der Waals surface area contributed by atoms with E-state index in [9.17, 15) is 39.2 Å². The number of carbonyl (C=O) groups excluding carboxylic acids is 4. The third kappa shape index (κ3) is 6.67. The first kappa shape index (κ1) is 28.2. The van der Waals surface area contributed by atoms with E-state index in [1.165, 1.54) is 34.6 Å². The van der Waals surface area contributed by atoms with Crippen molar-refractivity contribution >= 4 is 47.9 Å². The molecular weight excluding hydrogens is 526 g/mol. The molecule has 3 atom stereocenters. The van der Waals surface area contributed by atoms with E-state index in [1.807, 2.05) is 0 Å². The Hall–Kier alpha value is -4.40. The number of carboxylic acids is 1. The molecule has 2 heterocycles. The highest BCUT2D eigenvalue weighted by atomic mass is 32.2. The number of carbonyl (C=O) groups is 5. The molecule has 0 saturated carbocycles. The number of nitrogens with one attached hydrogen (secondary N) is 1. The van der Waals surface area contributed by atoms with Gasteiger partial charge in [-0.3, -0.25) is 19.7 Å². The van der Waals surface area contributed by atoms with Crippen LogP contribution in [-0.4, -0.2) is 70.6 Å². The summed E-state index contributed by atoms with van der Waals surface area (Å²) >= 11 is 0.963. The Balaban J connectivity index is 1.38. The number of carboxylic acid groups (broad SMARTS) is 1. The number of alkyl carbamates (subject to hydrolysis) is 1. The second-order valence-electron chi connectivity index (χ2n) is 8.03. The normalized spacial score (nSPS) is 18.9. The number of nitro benzene ring substituents is 1. The van der Waals surface area contributed by atoms with Crippen LogP contribution >= 0.6 is 11.8 Å². The predicted octanol–water partition coefficient (Wildman–Crippen LogP) is 1.70. The van der Waals surface area contributed by atoms with Gasteiger partial charge >= 0.3 is 18.0 Å². The summed E-state index contributed by atoms with van der Waals surface area (Å²) in [6, 6.07) is 5.05. The van der Waals surface area contributed by atoms with E-state index in [2.05, 4.69) is 5.32 Å². The molecule has 1 aromatic carbocycles. The number of amides is 2. The Bertz CT molecular complexity index is 1180. The van der Waals surface area contributed by atoms with Crippen LogP contribution in [0.15, 0.2) is 46.4 Å². The Morgan fingerprint density at radius 3 is 2.63 bits per heavy atom. The fraction of sp³-hybridized carbons (Fsp3) is 0.348. The van der Waals surface area contributed by atoms with Crippen LogP contribution in [0.1, 0.15) is 18.9 Å². The standard InChI is InChI=1S/C23H23N3O11S/c1-13(37-12-27)19-16-10-17(20(22(30)31)25(16)21(19)29)38-9-6-18(28)35-8-7-24-23(32)36-11-14-2-4-15(5-3-14)26(33)34/h2-6,9,12-13,16,19H,7-8,10-11H2,1H3,(H,24,32)(H,30,31)/t13-,16-,19-/m1/s1. The van der Waals surface area contributed by atoms with Crippen molar-refractivity contribution in [1.82, 2.24) is 10.2 Å². The molecule has 2 aliphatic heterocycles. The van der Waals surface area contributed by atoms with Gasteiger partial charge in [0.1, 0.15) is 25.0 Å². The Labute approximate surface area is 219 Å². The molecule has 1 saturated heterocycles. The van der Waals surface area contributed by atoms with Gasteiger partial charge in [-0.2, -0.15) is 0 Å². The predicted molar refractivity (Wildman–Crippen MR) is 129 cm³/mol. The number of ether oxygens (including phenoxy) is 3. The molecule has 3 rings (SSSR count). The summed E-state index contributed by atoms with van der Waals surface area (Å²) in [6.45, 7) is 1.49. The van der Waals surface area contributed by atoms with Gasteiger partial charge in [-0.05, 0) is 30.0 Å². The number of nitro groups is 1. The summed E-state index contributed by atoms with van der Waals surface area (Å²) in [6.07, 6.45) is -0.151. The molecule has 38 heavy (non-hydrogen) atoms. The van der Waals surface area contributed by atoms with Gasteiger partial charge in [0.05, 0.1) is 23.4 Å². The van der Waals surface area contributed by atoms with Crippen molar-refractivity contribution in [3.63, 3.8) is 0 Å². The lowest BCUT2D eigenvalue weighted by atomic mass is 9.83. The van der Waals surface area contributed by atoms with E-state index in [0.29, 0.717) is 10.5 Å². The number of aliphatic carboxylic acids is 1. The van der Waals surface area contributed by atoms with Gasteiger partial charge in [-0.1, -0.05) is 11.8 Å². The molecule has 202 valence electrons. The van der Waals surface area contributed by atoms with Crippen molar-refractivity contribution in [3.05, 3.63) is 62.0 Å². The fourth-order valence-electron chi connectivity index (χ4n) is 3.93. The third-order valence-electron chi connectivity index (χ3n) is 5.69. The van der Waals surface area contributed by atoms with Gasteiger partial charge in [0.25, 0.3) is 12.2 Å². The zero-order chi connectivity index (χ0) is 27.8. The van der Waals surface area contributed by atoms with Crippen LogP contribution in [0.4, 0.5) is 10.5 Å². The second-order valence-corrected chi connectivity index (χ2v) is 9.04. The molecule has 1 aromatic rings. The maximum Gasteiger partial charge on any atom is 0.407 e. The first-order valence-corrected chi connectivity index (χ1v) is 12.0. The van der Waals surface area contributed by atoms with E-state index in [-0.39, 0.29) is 44.0 Å². The minimum absolute atomic E-state index is 0.0404. The number of fused-ring (bicyclic) bond motifs is 1. The molecule has 0 aromatic heterocycles. The summed E-state index contributed by atoms with van der Waals surface area (Å²) < 4.78 is 14.8. The molecule has 15 heteroatoms. The van der Waals surface area contributed by atoms with E-state index in [0.717, 1.165) is 17.8 Å². The molecule has 2 N–H and O–H groups in total. The maximum atomic E-state index is 12.4. The third-order valence-corrected chi connectivity index (χ3v) is 6.61. The van der Waals surface area contributed by atoms with E-state index in [4.69, 9.17) is 14.2 Å². The first-order valence-electron chi connectivity index (χ1n) is 11.2. The Morgan fingerprint density at radius 1 is 1.29 bits per heavy atom. The van der Waals surface area contributed by atoms with E-state index in [1.54, 1.807) is 6.92 Å². The van der Waals surface area contributed by atoms with Gasteiger partial charge in [-0.15, -0.1) is 0 Å². The average Bonchev–Trinajstić information content (AvgIpc) is 3.20. The van der Waals surface area contributed by atoms with Crippen LogP contribution in [0.25, 0.3) is 0 Å². The first-order chi connectivity index (χ1) is 18.1. The minimum Gasteiger partial charge on any atom is -0.477 e. The number of β-lactam (4-membered cyclic amide) rings is 1. The van der Waals surface area contributed by atoms with Crippen LogP contribution in [0.3, 0.4) is 0 Å². The van der Waals surface area contributed by atoms with Crippen LogP contribution in [0.5, 0.6) is 0 Å². The van der Waals surface area contributed by atoms with Gasteiger partial charge in [-0.25, -0.2) is 14.4 Å². The smallest absolute Gasteiger partial charge is 0.407 e. The largest absolute Gasteiger partial charge is 0.477 e. The molecule has 0 bridgehead atoms. The van der Waals surface area contributed by atoms with Gasteiger partial charge in [0.2, 0.25) is 5.91 Å². The SMILES string of the molecule is C[C@@H](OC=O)[C@H]1C(=O)N2C(C(=O)O)=C(SC=CC(=O)OCCNC(=O)OCc3ccc([N+](=O)[O-])cc3)C[C@H]12. The summed E-state index contributed by atoms with van der Waals surface area (Å²) in [7, 11) is 0. The molecule has 2 aliphatic rings. The number of non-ortho nitro benzene ring substituents is 1. The van der Waals surface area contributed by atoms with E-state index < -0.39 is 46.9 Å². The van der Waals surface area contributed by atoms with Crippen LogP contribution in [0, 0.1) is 16.0 Å². The number of hydrogen-bond acceptors (Lipinski definition) is 11. The van der Waals surface area contributed by atoms with Crippen molar-refractivity contribution < 1.29 is 48.2 Å². The van der Waals surface area contributed by atoms with Crippen LogP contribution in [-0.2, 0) is 40.0 Å². The Kier molecular flexibility index (Phi) is 9.43. The van der Waals surface area contributed by atoms with Crippen LogP contribution < -0.4 is 5.32 Å². The van der Waals surface area contributed by atoms with Crippen LogP contribution in [0.2, 0.25) is 0 Å². The van der Waals surface area contributed by atoms with Gasteiger partial charge in [0.15, 0.2) is 0 Å². The highest BCUT2D eigenvalue weighted by Crippen LogP contribution is 2.47. The number of thioether (sulfide) groups is 1. The van der Waals surface area contributed by atoms with Gasteiger partial charge in [0, 0.05) is 29.5 Å². The molecule has 0 unspecified atom stereocenters. The summed E-state index contributed by atoms with van der Waals surface area (Å²) in [4.78, 5) is 70.0. The molecule has 2 amide bonds. The summed E-state index contributed by atoms with van der Waals surface area (Å²) in [5, 5.41) is 23.9. The fourth-order valence-corrected chi connectivity index (χ4v) is 4.84. The Morgan fingerprint density at radius 2 is 2.00 bits per heavy atom. The summed E-state index contributed by atoms with van der Waals surface area (Å²) in [5.74, 6) is -3.11. The monoisotopic (exact) mass is 549 g/mol. The lowest BCUT2D eigenvalue weighted by molar-refractivity contribution is -0.384. The highest BCUT2D eigenvalue weighted by molar-refractivity contribution is 8.05. The van der Waals surface area contributed by atoms with Crippen molar-refractivity contribution in [1.29, 1.82) is 0 Å². The zero-order valence-electron chi connectivity index (χ0n) is 19.9. The number of benzene rings is 1. The highest BCUT2D eigenvalue weighted by Gasteiger charge is 2.57. The van der Waals surface area contributed by atoms with Gasteiger partial charge < -0.3 is 29.5 Å². The molecule has 0 aliphatic carbocycles. The quantitative estimate of drug-likeness (QED) is 0.0530. The number of rotatable bonds is 13. The van der Waals surface area contributed by atoms with E-state index >= 15 is 0 Å². The van der Waals surface area contributed by atoms with Crippen molar-refractivity contribution in [2.45, 2.75) is 32.1 Å². The molecule has 14 nitrogen and oxygen atoms in total. The zero-order valence-corrected chi connectivity index (χ0v) is 20.8. The number of hydrogen-bond donors (Lipinski definition) is 2. The topological polar surface area (TPSA) is 192 Å². The molecule has 0 spiro atoms. The second kappa shape index (κ2) is 12.7.